The average Bonchev–Trinajstić information content (AvgIpc) is 3.41. The Bertz CT molecular complexity index is 1840. The molecular formula is C43H58ClF3N6O8. The first kappa shape index (κ1) is 46.2. The van der Waals surface area contributed by atoms with E-state index >= 15 is 0 Å². The van der Waals surface area contributed by atoms with Crippen molar-refractivity contribution < 1.29 is 51.7 Å². The van der Waals surface area contributed by atoms with E-state index in [4.69, 9.17) is 25.8 Å². The lowest BCUT2D eigenvalue weighted by atomic mass is 9.83. The van der Waals surface area contributed by atoms with Crippen LogP contribution >= 0.6 is 11.6 Å². The van der Waals surface area contributed by atoms with Crippen molar-refractivity contribution in [1.29, 1.82) is 0 Å². The van der Waals surface area contributed by atoms with Crippen molar-refractivity contribution in [2.75, 3.05) is 97.6 Å². The zero-order chi connectivity index (χ0) is 43.7. The van der Waals surface area contributed by atoms with Gasteiger partial charge in [-0.3, -0.25) is 19.4 Å². The highest BCUT2D eigenvalue weighted by Crippen LogP contribution is 2.41. The van der Waals surface area contributed by atoms with Crippen LogP contribution in [-0.2, 0) is 42.8 Å². The van der Waals surface area contributed by atoms with Crippen molar-refractivity contribution in [2.45, 2.75) is 70.2 Å². The maximum Gasteiger partial charge on any atom is 0.420 e. The molecule has 6 rings (SSSR count). The van der Waals surface area contributed by atoms with Gasteiger partial charge in [-0.2, -0.15) is 13.2 Å². The van der Waals surface area contributed by atoms with E-state index in [1.165, 1.54) is 9.80 Å². The maximum atomic E-state index is 14.0. The number of alkyl halides is 3. The van der Waals surface area contributed by atoms with E-state index in [9.17, 15) is 37.5 Å². The van der Waals surface area contributed by atoms with Crippen molar-refractivity contribution in [1.82, 2.24) is 24.5 Å². The Morgan fingerprint density at radius 1 is 1.00 bits per heavy atom. The highest BCUT2D eigenvalue weighted by Gasteiger charge is 2.38. The van der Waals surface area contributed by atoms with Crippen molar-refractivity contribution in [3.8, 4) is 5.75 Å². The Labute approximate surface area is 360 Å². The lowest BCUT2D eigenvalue weighted by Crippen LogP contribution is -2.51. The van der Waals surface area contributed by atoms with Crippen LogP contribution in [0, 0.1) is 11.8 Å². The molecule has 1 unspecified atom stereocenters. The standard InChI is InChI=1S/C43H58ClF3N6O8/c1-29(31-8-14-51(15-9-31)28-38(54)60-24-21-50-19-22-59-23-20-50)7-13-49(2)40(56)37(27-30-25-34(43(45,46)47)39(55)35(44)26-30)61-42(58)52-16-11-33(12-17-52)53-18-10-32-5-3-4-6-36(32)48-41(53)57/h3-6,25-26,29,31,33,37,55H,7-24,27-28H2,1-2H3,(H,48,57)/t29?,37-/m1/s1. The molecule has 4 aliphatic heterocycles. The van der Waals surface area contributed by atoms with Gasteiger partial charge in [-0.05, 0) is 92.8 Å². The molecule has 0 aromatic heterocycles. The van der Waals surface area contributed by atoms with Crippen LogP contribution < -0.4 is 5.32 Å². The summed E-state index contributed by atoms with van der Waals surface area (Å²) in [5.41, 5.74) is 0.418. The first-order valence-corrected chi connectivity index (χ1v) is 21.7. The number of anilines is 1. The van der Waals surface area contributed by atoms with Gasteiger partial charge in [0.1, 0.15) is 12.4 Å². The maximum absolute atomic E-state index is 14.0. The fraction of sp³-hybridized carbons (Fsp3) is 0.628. The van der Waals surface area contributed by atoms with Gasteiger partial charge in [0.25, 0.3) is 5.91 Å². The van der Waals surface area contributed by atoms with Crippen LogP contribution in [0.25, 0.3) is 0 Å². The topological polar surface area (TPSA) is 144 Å². The quantitative estimate of drug-likeness (QED) is 0.226. The number of phenolic OH excluding ortho intramolecular Hbond substituents is 1. The minimum atomic E-state index is -4.92. The van der Waals surface area contributed by atoms with Gasteiger partial charge >= 0.3 is 24.3 Å². The summed E-state index contributed by atoms with van der Waals surface area (Å²) < 4.78 is 58.2. The number of phenols is 1. The largest absolute Gasteiger partial charge is 0.506 e. The number of nitrogens with zero attached hydrogens (tertiary/aromatic N) is 5. The van der Waals surface area contributed by atoms with E-state index in [1.54, 1.807) is 11.9 Å². The second-order valence-corrected chi connectivity index (χ2v) is 17.0. The summed E-state index contributed by atoms with van der Waals surface area (Å²) in [6, 6.07) is 9.14. The molecule has 2 aromatic carbocycles. The van der Waals surface area contributed by atoms with Gasteiger partial charge in [0.15, 0.2) is 6.10 Å². The third kappa shape index (κ3) is 12.6. The minimum absolute atomic E-state index is 0.0392. The van der Waals surface area contributed by atoms with Crippen LogP contribution in [0.4, 0.5) is 28.4 Å². The number of amides is 4. The normalized spacial score (nSPS) is 19.7. The summed E-state index contributed by atoms with van der Waals surface area (Å²) in [6.07, 6.45) is -3.63. The second kappa shape index (κ2) is 21.2. The zero-order valence-corrected chi connectivity index (χ0v) is 35.7. The number of nitrogens with one attached hydrogen (secondary N) is 1. The highest BCUT2D eigenvalue weighted by atomic mass is 35.5. The summed E-state index contributed by atoms with van der Waals surface area (Å²) in [5.74, 6) is -1.39. The molecule has 61 heavy (non-hydrogen) atoms. The van der Waals surface area contributed by atoms with Gasteiger partial charge in [-0.1, -0.05) is 36.7 Å². The molecule has 4 heterocycles. The first-order chi connectivity index (χ1) is 29.2. The van der Waals surface area contributed by atoms with E-state index in [0.29, 0.717) is 77.1 Å². The van der Waals surface area contributed by atoms with Crippen LogP contribution in [0.3, 0.4) is 0 Å². The molecule has 4 aliphatic rings. The predicted molar refractivity (Wildman–Crippen MR) is 221 cm³/mol. The number of hydrogen-bond acceptors (Lipinski definition) is 10. The molecule has 0 saturated carbocycles. The van der Waals surface area contributed by atoms with E-state index in [-0.39, 0.29) is 49.2 Å². The van der Waals surface area contributed by atoms with Gasteiger partial charge < -0.3 is 39.3 Å². The molecule has 14 nitrogen and oxygen atoms in total. The Kier molecular flexibility index (Phi) is 16.0. The number of likely N-dealkylation sites (N-methyl/N-ethyl adjacent to an activating group) is 1. The number of likely N-dealkylation sites (tertiary alicyclic amines) is 2. The van der Waals surface area contributed by atoms with E-state index in [1.807, 2.05) is 24.3 Å². The Balaban J connectivity index is 1.02. The summed E-state index contributed by atoms with van der Waals surface area (Å²) in [6.45, 7) is 9.24. The molecule has 336 valence electrons. The fourth-order valence-electron chi connectivity index (χ4n) is 8.69. The Morgan fingerprint density at radius 2 is 1.70 bits per heavy atom. The molecule has 2 aromatic rings. The summed E-state index contributed by atoms with van der Waals surface area (Å²) >= 11 is 6.02. The van der Waals surface area contributed by atoms with Crippen molar-refractivity contribution >= 4 is 41.3 Å². The number of para-hydroxylation sites is 1. The number of esters is 1. The third-order valence-corrected chi connectivity index (χ3v) is 12.8. The summed E-state index contributed by atoms with van der Waals surface area (Å²) in [7, 11) is 1.57. The number of benzene rings is 2. The van der Waals surface area contributed by atoms with Crippen molar-refractivity contribution in [3.05, 3.63) is 58.1 Å². The molecule has 18 heteroatoms. The second-order valence-electron chi connectivity index (χ2n) is 16.6. The number of piperidine rings is 2. The molecule has 0 bridgehead atoms. The zero-order valence-electron chi connectivity index (χ0n) is 35.0. The monoisotopic (exact) mass is 878 g/mol. The van der Waals surface area contributed by atoms with Crippen LogP contribution in [0.5, 0.6) is 5.75 Å². The Morgan fingerprint density at radius 3 is 2.41 bits per heavy atom. The summed E-state index contributed by atoms with van der Waals surface area (Å²) in [4.78, 5) is 62.3. The van der Waals surface area contributed by atoms with Gasteiger partial charge in [-0.25, -0.2) is 9.59 Å². The number of halogens is 4. The third-order valence-electron chi connectivity index (χ3n) is 12.5. The number of fused-ring (bicyclic) bond motifs is 1. The molecule has 0 spiro atoms. The van der Waals surface area contributed by atoms with Crippen molar-refractivity contribution in [3.63, 3.8) is 0 Å². The number of morpholine rings is 1. The van der Waals surface area contributed by atoms with Crippen LogP contribution in [0.15, 0.2) is 36.4 Å². The number of carbonyl (C=O) groups excluding carboxylic acids is 4. The van der Waals surface area contributed by atoms with E-state index < -0.39 is 47.0 Å². The lowest BCUT2D eigenvalue weighted by molar-refractivity contribution is -0.146. The lowest BCUT2D eigenvalue weighted by Gasteiger charge is -2.38. The SMILES string of the molecule is CC(CCN(C)C(=O)[C@@H](Cc1cc(Cl)c(O)c(C(F)(F)F)c1)OC(=O)N1CCC(N2CCc3ccccc3NC2=O)CC1)C1CCN(CC(=O)OCCN2CCOCC2)CC1. The van der Waals surface area contributed by atoms with E-state index in [2.05, 4.69) is 22.0 Å². The number of carbonyl (C=O) groups is 4. The van der Waals surface area contributed by atoms with Crippen molar-refractivity contribution in [2.24, 2.45) is 11.8 Å². The molecule has 3 fully saturated rings. The average molecular weight is 879 g/mol. The highest BCUT2D eigenvalue weighted by molar-refractivity contribution is 6.32. The van der Waals surface area contributed by atoms with Gasteiger partial charge in [-0.15, -0.1) is 0 Å². The molecule has 4 amide bonds. The number of rotatable bonds is 14. The minimum Gasteiger partial charge on any atom is -0.506 e. The number of hydrogen-bond donors (Lipinski definition) is 2. The molecule has 2 atom stereocenters. The van der Waals surface area contributed by atoms with E-state index in [0.717, 1.165) is 56.3 Å². The number of urea groups is 1. The molecular weight excluding hydrogens is 821 g/mol. The van der Waals surface area contributed by atoms with Gasteiger partial charge in [0.2, 0.25) is 0 Å². The number of aromatic hydroxyl groups is 1. The first-order valence-electron chi connectivity index (χ1n) is 21.3. The van der Waals surface area contributed by atoms with Gasteiger partial charge in [0, 0.05) is 71.0 Å². The molecule has 2 N–H and O–H groups in total. The molecule has 3 saturated heterocycles. The van der Waals surface area contributed by atoms with Crippen LogP contribution in [0.1, 0.15) is 55.7 Å². The summed E-state index contributed by atoms with van der Waals surface area (Å²) in [5, 5.41) is 12.5. The van der Waals surface area contributed by atoms with Gasteiger partial charge in [0.05, 0.1) is 30.3 Å². The predicted octanol–water partition coefficient (Wildman–Crippen LogP) is 5.74. The fourth-order valence-corrected chi connectivity index (χ4v) is 8.93. The smallest absolute Gasteiger partial charge is 0.420 e. The Hall–Kier alpha value is -4.32. The number of ether oxygens (including phenoxy) is 3. The molecule has 0 radical (unpaired) electrons. The molecule has 0 aliphatic carbocycles. The van der Waals surface area contributed by atoms with Crippen LogP contribution in [0.2, 0.25) is 5.02 Å². The van der Waals surface area contributed by atoms with Crippen LogP contribution in [-0.4, -0.2) is 158 Å².